The summed E-state index contributed by atoms with van der Waals surface area (Å²) in [7, 11) is 0. The van der Waals surface area contributed by atoms with Gasteiger partial charge in [-0.05, 0) is 47.9 Å². The molecule has 0 fully saturated rings. The van der Waals surface area contributed by atoms with Gasteiger partial charge in [0.1, 0.15) is 11.6 Å². The lowest BCUT2D eigenvalue weighted by molar-refractivity contribution is 0.392. The molecule has 0 aliphatic heterocycles. The first-order valence-electron chi connectivity index (χ1n) is 8.01. The van der Waals surface area contributed by atoms with Crippen molar-refractivity contribution in [2.24, 2.45) is 5.92 Å². The highest BCUT2D eigenvalue weighted by Crippen LogP contribution is 2.47. The third-order valence-corrected chi connectivity index (χ3v) is 5.15. The average molecular weight is 307 g/mol. The van der Waals surface area contributed by atoms with Crippen LogP contribution in [0.1, 0.15) is 48.9 Å². The molecule has 23 heavy (non-hydrogen) atoms. The van der Waals surface area contributed by atoms with Crippen LogP contribution in [0.5, 0.6) is 11.5 Å². The summed E-state index contributed by atoms with van der Waals surface area (Å²) in [6, 6.07) is 13.9. The highest BCUT2D eigenvalue weighted by molar-refractivity contribution is 5.62. The summed E-state index contributed by atoms with van der Waals surface area (Å²) in [5.74, 6) is -0.0170. The fraction of sp³-hybridized carbons (Fsp3) is 0.350. The standard InChI is InChI=1S/C20H21NO2/c1-13-8-9-15-16(12-21)19(23)18(22)10-17(15)20(2,11-13)14-6-4-3-5-7-14/h3-7,10,13,22-23H,8-9,11H2,1-2H3. The van der Waals surface area contributed by atoms with Crippen LogP contribution in [-0.2, 0) is 11.8 Å². The Morgan fingerprint density at radius 3 is 2.57 bits per heavy atom. The van der Waals surface area contributed by atoms with Gasteiger partial charge in [0.25, 0.3) is 0 Å². The molecule has 0 radical (unpaired) electrons. The summed E-state index contributed by atoms with van der Waals surface area (Å²) in [5, 5.41) is 29.7. The van der Waals surface area contributed by atoms with Crippen molar-refractivity contribution in [2.75, 3.05) is 0 Å². The van der Waals surface area contributed by atoms with Gasteiger partial charge in [-0.25, -0.2) is 0 Å². The maximum absolute atomic E-state index is 10.1. The fourth-order valence-corrected chi connectivity index (χ4v) is 3.95. The Kier molecular flexibility index (Phi) is 3.77. The predicted octanol–water partition coefficient (Wildman–Crippen LogP) is 4.25. The molecule has 0 heterocycles. The molecule has 1 aliphatic carbocycles. The van der Waals surface area contributed by atoms with E-state index < -0.39 is 0 Å². The van der Waals surface area contributed by atoms with Crippen molar-refractivity contribution in [3.8, 4) is 17.6 Å². The first-order chi connectivity index (χ1) is 11.0. The molecule has 2 unspecified atom stereocenters. The van der Waals surface area contributed by atoms with Crippen LogP contribution in [0.4, 0.5) is 0 Å². The van der Waals surface area contributed by atoms with Crippen molar-refractivity contribution >= 4 is 0 Å². The maximum Gasteiger partial charge on any atom is 0.175 e. The lowest BCUT2D eigenvalue weighted by Gasteiger charge is -2.33. The summed E-state index contributed by atoms with van der Waals surface area (Å²) in [5.41, 5.74) is 2.93. The maximum atomic E-state index is 10.1. The molecule has 2 atom stereocenters. The molecular formula is C20H21NO2. The zero-order valence-electron chi connectivity index (χ0n) is 13.5. The zero-order valence-corrected chi connectivity index (χ0v) is 13.5. The number of hydrogen-bond acceptors (Lipinski definition) is 3. The molecule has 0 bridgehead atoms. The zero-order chi connectivity index (χ0) is 16.6. The van der Waals surface area contributed by atoms with Crippen LogP contribution in [0.3, 0.4) is 0 Å². The summed E-state index contributed by atoms with van der Waals surface area (Å²) in [6.45, 7) is 4.39. The average Bonchev–Trinajstić information content (AvgIpc) is 2.67. The van der Waals surface area contributed by atoms with Gasteiger partial charge in [-0.2, -0.15) is 5.26 Å². The van der Waals surface area contributed by atoms with E-state index in [0.29, 0.717) is 5.92 Å². The molecule has 0 aromatic heterocycles. The molecule has 2 aromatic rings. The Morgan fingerprint density at radius 2 is 1.91 bits per heavy atom. The van der Waals surface area contributed by atoms with E-state index in [1.165, 1.54) is 5.56 Å². The van der Waals surface area contributed by atoms with E-state index in [2.05, 4.69) is 32.0 Å². The number of fused-ring (bicyclic) bond motifs is 1. The van der Waals surface area contributed by atoms with E-state index in [1.807, 2.05) is 18.2 Å². The van der Waals surface area contributed by atoms with Crippen molar-refractivity contribution < 1.29 is 10.2 Å². The number of nitriles is 1. The van der Waals surface area contributed by atoms with Crippen molar-refractivity contribution in [1.29, 1.82) is 5.26 Å². The van der Waals surface area contributed by atoms with Crippen molar-refractivity contribution in [1.82, 2.24) is 0 Å². The Bertz CT molecular complexity index is 776. The number of hydrogen-bond donors (Lipinski definition) is 2. The van der Waals surface area contributed by atoms with E-state index in [-0.39, 0.29) is 22.5 Å². The molecule has 2 aromatic carbocycles. The van der Waals surface area contributed by atoms with Crippen LogP contribution in [-0.4, -0.2) is 10.2 Å². The van der Waals surface area contributed by atoms with Crippen molar-refractivity contribution in [3.05, 3.63) is 58.7 Å². The Morgan fingerprint density at radius 1 is 1.22 bits per heavy atom. The molecule has 3 nitrogen and oxygen atoms in total. The molecule has 0 spiro atoms. The van der Waals surface area contributed by atoms with Gasteiger partial charge in [-0.3, -0.25) is 0 Å². The molecular weight excluding hydrogens is 286 g/mol. The summed E-state index contributed by atoms with van der Waals surface area (Å²) < 4.78 is 0. The predicted molar refractivity (Wildman–Crippen MR) is 89.5 cm³/mol. The van der Waals surface area contributed by atoms with E-state index in [1.54, 1.807) is 6.07 Å². The quantitative estimate of drug-likeness (QED) is 0.611. The summed E-state index contributed by atoms with van der Waals surface area (Å²) in [4.78, 5) is 0. The second-order valence-electron chi connectivity index (χ2n) is 6.80. The normalized spacial score (nSPS) is 23.6. The molecule has 0 saturated heterocycles. The minimum atomic E-state index is -0.295. The highest BCUT2D eigenvalue weighted by Gasteiger charge is 2.37. The number of phenols is 2. The van der Waals surface area contributed by atoms with Gasteiger partial charge >= 0.3 is 0 Å². The SMILES string of the molecule is CC1CCc2c(cc(O)c(O)c2C#N)C(C)(c2ccccc2)C1. The lowest BCUT2D eigenvalue weighted by Crippen LogP contribution is -2.26. The molecule has 3 heteroatoms. The van der Waals surface area contributed by atoms with Gasteiger partial charge in [0.15, 0.2) is 11.5 Å². The minimum absolute atomic E-state index is 0.211. The Balaban J connectivity index is 2.32. The summed E-state index contributed by atoms with van der Waals surface area (Å²) >= 11 is 0. The van der Waals surface area contributed by atoms with Gasteiger partial charge in [0, 0.05) is 5.41 Å². The van der Waals surface area contributed by atoms with Crippen LogP contribution in [0.15, 0.2) is 36.4 Å². The van der Waals surface area contributed by atoms with Gasteiger partial charge in [-0.1, -0.05) is 44.2 Å². The second-order valence-corrected chi connectivity index (χ2v) is 6.80. The first-order valence-corrected chi connectivity index (χ1v) is 8.01. The number of nitrogens with zero attached hydrogens (tertiary/aromatic N) is 1. The van der Waals surface area contributed by atoms with E-state index >= 15 is 0 Å². The summed E-state index contributed by atoms with van der Waals surface area (Å²) in [6.07, 6.45) is 2.66. The van der Waals surface area contributed by atoms with Crippen LogP contribution in [0.2, 0.25) is 0 Å². The molecule has 1 aliphatic rings. The van der Waals surface area contributed by atoms with Gasteiger partial charge in [0.2, 0.25) is 0 Å². The third-order valence-electron chi connectivity index (χ3n) is 5.15. The van der Waals surface area contributed by atoms with Crippen molar-refractivity contribution in [3.63, 3.8) is 0 Å². The molecule has 2 N–H and O–H groups in total. The molecule has 0 saturated carbocycles. The van der Waals surface area contributed by atoms with E-state index in [4.69, 9.17) is 0 Å². The minimum Gasteiger partial charge on any atom is -0.504 e. The van der Waals surface area contributed by atoms with Crippen molar-refractivity contribution in [2.45, 2.75) is 38.5 Å². The lowest BCUT2D eigenvalue weighted by atomic mass is 9.70. The second kappa shape index (κ2) is 5.62. The van der Waals surface area contributed by atoms with Crippen LogP contribution in [0, 0.1) is 17.2 Å². The number of rotatable bonds is 1. The monoisotopic (exact) mass is 307 g/mol. The third kappa shape index (κ3) is 2.45. The van der Waals surface area contributed by atoms with E-state index in [9.17, 15) is 15.5 Å². The van der Waals surface area contributed by atoms with Crippen LogP contribution >= 0.6 is 0 Å². The molecule has 3 rings (SSSR count). The number of phenolic OH excluding ortho intramolecular Hbond substituents is 2. The van der Waals surface area contributed by atoms with Gasteiger partial charge in [-0.15, -0.1) is 0 Å². The molecule has 118 valence electrons. The van der Waals surface area contributed by atoms with Gasteiger partial charge < -0.3 is 10.2 Å². The Hall–Kier alpha value is -2.47. The van der Waals surface area contributed by atoms with Gasteiger partial charge in [0.05, 0.1) is 0 Å². The topological polar surface area (TPSA) is 64.2 Å². The number of aromatic hydroxyl groups is 2. The Labute approximate surface area is 136 Å². The first kappa shape index (κ1) is 15.4. The van der Waals surface area contributed by atoms with Crippen LogP contribution in [0.25, 0.3) is 0 Å². The van der Waals surface area contributed by atoms with E-state index in [0.717, 1.165) is 30.4 Å². The molecule has 0 amide bonds. The fourth-order valence-electron chi connectivity index (χ4n) is 3.95. The highest BCUT2D eigenvalue weighted by atomic mass is 16.3. The number of benzene rings is 2. The smallest absolute Gasteiger partial charge is 0.175 e. The van der Waals surface area contributed by atoms with Crippen LogP contribution < -0.4 is 0 Å². The largest absolute Gasteiger partial charge is 0.504 e.